The summed E-state index contributed by atoms with van der Waals surface area (Å²) in [7, 11) is 0. The molecule has 4 aromatic rings. The van der Waals surface area contributed by atoms with Gasteiger partial charge in [-0.1, -0.05) is 84.9 Å². The smallest absolute Gasteiger partial charge is 0.490 e. The summed E-state index contributed by atoms with van der Waals surface area (Å²) in [6, 6.07) is 24.6. The fourth-order valence-electron chi connectivity index (χ4n) is 7.10. The maximum atomic E-state index is 14.3. The first-order chi connectivity index (χ1) is 30.3. The number of carbonyl (C=O) groups excluding carboxylic acids is 4. The molecule has 4 aromatic carbocycles. The molecule has 0 spiro atoms. The molecule has 15 nitrogen and oxygen atoms in total. The molecule has 0 fully saturated rings. The molecule has 1 heterocycles. The number of nitrogens with two attached hydrogens (primary N) is 1. The van der Waals surface area contributed by atoms with Gasteiger partial charge in [-0.2, -0.15) is 13.2 Å². The molecule has 0 bridgehead atoms. The molecule has 0 radical (unpaired) electrons. The number of phenols is 1. The van der Waals surface area contributed by atoms with Crippen LogP contribution in [0.4, 0.5) is 18.0 Å². The molecule has 18 heteroatoms. The zero-order valence-electron chi connectivity index (χ0n) is 35.3. The van der Waals surface area contributed by atoms with Crippen LogP contribution in [0, 0.1) is 13.8 Å². The highest BCUT2D eigenvalue weighted by Gasteiger charge is 2.39. The number of aryl methyl sites for hydroxylation is 2. The standard InChI is InChI=1S/C44H51N5O8.C2HF3O2/c1-28-21-34(50)22-29(2)35(28)25-36(45)42(53)49-26-33-18-10-9-17-32(33)24-39(49)41(52)48-38(23-30-13-5-3-6-14-30)40(51)47-37(43(54)55)19-11-12-20-46-44(56)57-27-31-15-7-4-8-16-31;3-2(4,5)1(6)7/h3-10,13-18,21-22,36-39,50H,11-12,19-20,23-27,45H2,1-2H3,(H,46,56)(H,47,51)(H,48,52)(H,54,55);(H,6,7)/t36-,37-,38-,39-;/m0./s1. The third kappa shape index (κ3) is 15.1. The third-order valence-corrected chi connectivity index (χ3v) is 10.4. The first kappa shape index (κ1) is 49.7. The summed E-state index contributed by atoms with van der Waals surface area (Å²) >= 11 is 0. The molecule has 0 aliphatic carbocycles. The minimum Gasteiger partial charge on any atom is -0.508 e. The van der Waals surface area contributed by atoms with E-state index >= 15 is 0 Å². The number of halogens is 3. The number of alkyl carbamates (subject to hydrolysis) is 1. The van der Waals surface area contributed by atoms with Crippen LogP contribution in [-0.4, -0.2) is 92.9 Å². The van der Waals surface area contributed by atoms with Gasteiger partial charge in [0, 0.05) is 25.9 Å². The van der Waals surface area contributed by atoms with Gasteiger partial charge in [0.25, 0.3) is 0 Å². The Bertz CT molecular complexity index is 2220. The van der Waals surface area contributed by atoms with E-state index in [1.165, 1.54) is 4.90 Å². The molecule has 0 unspecified atom stereocenters. The minimum absolute atomic E-state index is 0.0654. The van der Waals surface area contributed by atoms with Gasteiger partial charge >= 0.3 is 24.2 Å². The number of rotatable bonds is 17. The Kier molecular flexibility index (Phi) is 18.2. The average molecular weight is 892 g/mol. The topological polar surface area (TPSA) is 238 Å². The van der Waals surface area contributed by atoms with Crippen molar-refractivity contribution in [3.05, 3.63) is 136 Å². The zero-order valence-corrected chi connectivity index (χ0v) is 35.3. The number of carboxylic acids is 2. The molecule has 0 aromatic heterocycles. The van der Waals surface area contributed by atoms with Gasteiger partial charge in [0.1, 0.15) is 30.5 Å². The van der Waals surface area contributed by atoms with E-state index in [0.717, 1.165) is 38.9 Å². The van der Waals surface area contributed by atoms with Crippen LogP contribution in [0.25, 0.3) is 0 Å². The normalized spacial score (nSPS) is 14.6. The lowest BCUT2D eigenvalue weighted by Gasteiger charge is -2.38. The van der Waals surface area contributed by atoms with E-state index in [4.69, 9.17) is 20.4 Å². The van der Waals surface area contributed by atoms with Gasteiger partial charge in [-0.25, -0.2) is 14.4 Å². The Morgan fingerprint density at radius 1 is 0.797 bits per heavy atom. The molecule has 4 atom stereocenters. The Morgan fingerprint density at radius 2 is 1.36 bits per heavy atom. The van der Waals surface area contributed by atoms with Crippen molar-refractivity contribution >= 4 is 35.8 Å². The summed E-state index contributed by atoms with van der Waals surface area (Å²) in [6.45, 7) is 4.17. The maximum Gasteiger partial charge on any atom is 0.490 e. The summed E-state index contributed by atoms with van der Waals surface area (Å²) in [5, 5.41) is 35.3. The van der Waals surface area contributed by atoms with Crippen molar-refractivity contribution in [1.29, 1.82) is 0 Å². The summed E-state index contributed by atoms with van der Waals surface area (Å²) in [4.78, 5) is 77.0. The second kappa shape index (κ2) is 23.5. The van der Waals surface area contributed by atoms with Gasteiger partial charge in [-0.05, 0) is 90.6 Å². The van der Waals surface area contributed by atoms with Crippen LogP contribution in [0.5, 0.6) is 5.75 Å². The SMILES string of the molecule is Cc1cc(O)cc(C)c1C[C@H](N)C(=O)N1Cc2ccccc2C[C@H]1C(=O)N[C@@H](Cc1ccccc1)C(=O)N[C@@H](CCCCNC(=O)OCc1ccccc1)C(=O)O.O=C(O)C(F)(F)F. The molecule has 1 aliphatic rings. The van der Waals surface area contributed by atoms with Crippen molar-refractivity contribution in [2.45, 2.75) is 95.9 Å². The van der Waals surface area contributed by atoms with E-state index in [9.17, 15) is 47.4 Å². The molecule has 0 saturated carbocycles. The van der Waals surface area contributed by atoms with Gasteiger partial charge < -0.3 is 46.6 Å². The fraction of sp³-hybridized carbons (Fsp3) is 0.348. The van der Waals surface area contributed by atoms with Gasteiger partial charge in [-0.3, -0.25) is 14.4 Å². The highest BCUT2D eigenvalue weighted by atomic mass is 19.4. The Morgan fingerprint density at radius 3 is 1.94 bits per heavy atom. The number of nitrogens with one attached hydrogen (secondary N) is 3. The number of amides is 4. The number of hydrogen-bond donors (Lipinski definition) is 7. The highest BCUT2D eigenvalue weighted by Crippen LogP contribution is 2.27. The maximum absolute atomic E-state index is 14.3. The molecule has 8 N–H and O–H groups in total. The first-order valence-electron chi connectivity index (χ1n) is 20.4. The van der Waals surface area contributed by atoms with Crippen molar-refractivity contribution in [3.63, 3.8) is 0 Å². The fourth-order valence-corrected chi connectivity index (χ4v) is 7.10. The number of hydrogen-bond acceptors (Lipinski definition) is 9. The van der Waals surface area contributed by atoms with E-state index in [-0.39, 0.29) is 51.1 Å². The van der Waals surface area contributed by atoms with Crippen LogP contribution in [0.3, 0.4) is 0 Å². The molecule has 1 aliphatic heterocycles. The number of phenolic OH excluding ortho intramolecular Hbond substituents is 1. The predicted octanol–water partition coefficient (Wildman–Crippen LogP) is 4.86. The minimum atomic E-state index is -5.08. The van der Waals surface area contributed by atoms with Crippen molar-refractivity contribution in [1.82, 2.24) is 20.9 Å². The second-order valence-corrected chi connectivity index (χ2v) is 15.3. The number of benzene rings is 4. The van der Waals surface area contributed by atoms with Crippen LogP contribution in [-0.2, 0) is 61.1 Å². The van der Waals surface area contributed by atoms with E-state index in [0.29, 0.717) is 12.8 Å². The number of aliphatic carboxylic acids is 2. The molecule has 342 valence electrons. The number of unbranched alkanes of at least 4 members (excludes halogenated alkanes) is 1. The largest absolute Gasteiger partial charge is 0.508 e. The number of nitrogens with zero attached hydrogens (tertiary/aromatic N) is 1. The Balaban J connectivity index is 0.00000118. The van der Waals surface area contributed by atoms with Crippen LogP contribution >= 0.6 is 0 Å². The van der Waals surface area contributed by atoms with Gasteiger partial charge in [0.2, 0.25) is 17.7 Å². The predicted molar refractivity (Wildman–Crippen MR) is 228 cm³/mol. The number of carboxylic acid groups (broad SMARTS) is 2. The quantitative estimate of drug-likeness (QED) is 0.0707. The summed E-state index contributed by atoms with van der Waals surface area (Å²) < 4.78 is 36.9. The monoisotopic (exact) mass is 891 g/mol. The van der Waals surface area contributed by atoms with E-state index in [1.807, 2.05) is 74.5 Å². The van der Waals surface area contributed by atoms with Crippen LogP contribution in [0.1, 0.15) is 58.2 Å². The number of ether oxygens (including phenoxy) is 1. The van der Waals surface area contributed by atoms with Crippen LogP contribution in [0.15, 0.2) is 97.1 Å². The average Bonchev–Trinajstić information content (AvgIpc) is 3.25. The number of carbonyl (C=O) groups is 6. The lowest BCUT2D eigenvalue weighted by molar-refractivity contribution is -0.192. The van der Waals surface area contributed by atoms with E-state index < -0.39 is 66.1 Å². The molecule has 64 heavy (non-hydrogen) atoms. The Labute approximate surface area is 367 Å². The molecule has 0 saturated heterocycles. The van der Waals surface area contributed by atoms with Gasteiger partial charge in [-0.15, -0.1) is 0 Å². The van der Waals surface area contributed by atoms with Crippen LogP contribution < -0.4 is 21.7 Å². The van der Waals surface area contributed by atoms with E-state index in [2.05, 4.69) is 16.0 Å². The highest BCUT2D eigenvalue weighted by molar-refractivity contribution is 5.95. The molecular formula is C46H52F3N5O10. The van der Waals surface area contributed by atoms with Crippen molar-refractivity contribution in [2.75, 3.05) is 6.54 Å². The van der Waals surface area contributed by atoms with Crippen molar-refractivity contribution in [2.24, 2.45) is 5.73 Å². The summed E-state index contributed by atoms with van der Waals surface area (Å²) in [5.41, 5.74) is 12.3. The lowest BCUT2D eigenvalue weighted by atomic mass is 9.91. The summed E-state index contributed by atoms with van der Waals surface area (Å²) in [5.74, 6) is -5.58. The van der Waals surface area contributed by atoms with Crippen molar-refractivity contribution < 1.29 is 62.0 Å². The zero-order chi connectivity index (χ0) is 47.0. The van der Waals surface area contributed by atoms with Gasteiger partial charge in [0.05, 0.1) is 6.04 Å². The number of aromatic hydroxyl groups is 1. The summed E-state index contributed by atoms with van der Waals surface area (Å²) in [6.07, 6.45) is -4.36. The number of fused-ring (bicyclic) bond motifs is 1. The van der Waals surface area contributed by atoms with Crippen LogP contribution in [0.2, 0.25) is 0 Å². The third-order valence-electron chi connectivity index (χ3n) is 10.4. The molecule has 4 amide bonds. The number of alkyl halides is 3. The lowest BCUT2D eigenvalue weighted by Crippen LogP contribution is -2.60. The van der Waals surface area contributed by atoms with Crippen molar-refractivity contribution in [3.8, 4) is 5.75 Å². The van der Waals surface area contributed by atoms with E-state index in [1.54, 1.807) is 36.4 Å². The molecule has 5 rings (SSSR count). The van der Waals surface area contributed by atoms with Gasteiger partial charge in [0.15, 0.2) is 0 Å². The second-order valence-electron chi connectivity index (χ2n) is 15.3. The first-order valence-corrected chi connectivity index (χ1v) is 20.4. The molecular weight excluding hydrogens is 840 g/mol. The Hall–Kier alpha value is -6.95.